The van der Waals surface area contributed by atoms with Crippen molar-refractivity contribution >= 4 is 5.91 Å². The van der Waals surface area contributed by atoms with Crippen molar-refractivity contribution in [2.75, 3.05) is 19.6 Å². The summed E-state index contributed by atoms with van der Waals surface area (Å²) in [6.07, 6.45) is 2.62. The molecule has 3 heteroatoms. The summed E-state index contributed by atoms with van der Waals surface area (Å²) in [6, 6.07) is 0.486. The van der Waals surface area contributed by atoms with E-state index < -0.39 is 0 Å². The fourth-order valence-electron chi connectivity index (χ4n) is 1.76. The van der Waals surface area contributed by atoms with Gasteiger partial charge in [-0.05, 0) is 32.9 Å². The van der Waals surface area contributed by atoms with Crippen LogP contribution in [0.4, 0.5) is 0 Å². The Balaban J connectivity index is 2.20. The first-order valence-corrected chi connectivity index (χ1v) is 5.63. The molecular weight excluding hydrogens is 176 g/mol. The highest BCUT2D eigenvalue weighted by Crippen LogP contribution is 2.10. The summed E-state index contributed by atoms with van der Waals surface area (Å²) < 4.78 is 0. The zero-order chi connectivity index (χ0) is 10.6. The second-order valence-electron chi connectivity index (χ2n) is 4.49. The molecule has 1 amide bonds. The highest BCUT2D eigenvalue weighted by molar-refractivity contribution is 5.77. The summed E-state index contributed by atoms with van der Waals surface area (Å²) in [5.74, 6) is 0.261. The van der Waals surface area contributed by atoms with Crippen molar-refractivity contribution in [2.24, 2.45) is 5.92 Å². The third-order valence-electron chi connectivity index (χ3n) is 2.86. The minimum absolute atomic E-state index is 0.0979. The lowest BCUT2D eigenvalue weighted by molar-refractivity contribution is -0.124. The Labute approximate surface area is 86.9 Å². The van der Waals surface area contributed by atoms with Gasteiger partial charge < -0.3 is 5.32 Å². The molecule has 0 spiro atoms. The van der Waals surface area contributed by atoms with Gasteiger partial charge in [-0.3, -0.25) is 9.69 Å². The summed E-state index contributed by atoms with van der Waals surface area (Å²) in [5.41, 5.74) is 0. The van der Waals surface area contributed by atoms with Gasteiger partial charge in [0, 0.05) is 18.5 Å². The molecule has 0 aliphatic carbocycles. The van der Waals surface area contributed by atoms with Crippen molar-refractivity contribution in [1.82, 2.24) is 10.2 Å². The fourth-order valence-corrected chi connectivity index (χ4v) is 1.76. The van der Waals surface area contributed by atoms with Gasteiger partial charge in [0.2, 0.25) is 5.91 Å². The third kappa shape index (κ3) is 3.29. The molecule has 1 saturated heterocycles. The van der Waals surface area contributed by atoms with Crippen LogP contribution in [0.3, 0.4) is 0 Å². The van der Waals surface area contributed by atoms with Gasteiger partial charge in [0.05, 0.1) is 0 Å². The van der Waals surface area contributed by atoms with E-state index in [4.69, 9.17) is 0 Å². The Hall–Kier alpha value is -0.570. The van der Waals surface area contributed by atoms with Crippen molar-refractivity contribution in [2.45, 2.75) is 39.7 Å². The highest BCUT2D eigenvalue weighted by atomic mass is 16.1. The quantitative estimate of drug-likeness (QED) is 0.737. The molecule has 0 bridgehead atoms. The van der Waals surface area contributed by atoms with Crippen LogP contribution in [0, 0.1) is 5.92 Å². The van der Waals surface area contributed by atoms with Crippen molar-refractivity contribution in [1.29, 1.82) is 0 Å². The van der Waals surface area contributed by atoms with E-state index in [1.165, 1.54) is 25.9 Å². The predicted octanol–water partition coefficient (Wildman–Crippen LogP) is 1.24. The topological polar surface area (TPSA) is 32.3 Å². The molecule has 1 N–H and O–H groups in total. The summed E-state index contributed by atoms with van der Waals surface area (Å²) in [6.45, 7) is 9.21. The number of nitrogens with zero attached hydrogens (tertiary/aromatic N) is 1. The second-order valence-corrected chi connectivity index (χ2v) is 4.49. The molecule has 1 unspecified atom stereocenters. The first-order valence-electron chi connectivity index (χ1n) is 5.63. The van der Waals surface area contributed by atoms with E-state index >= 15 is 0 Å². The molecule has 1 fully saturated rings. The second kappa shape index (κ2) is 5.35. The van der Waals surface area contributed by atoms with E-state index in [-0.39, 0.29) is 11.8 Å². The zero-order valence-corrected chi connectivity index (χ0v) is 9.55. The van der Waals surface area contributed by atoms with Crippen LogP contribution in [-0.2, 0) is 4.79 Å². The summed E-state index contributed by atoms with van der Waals surface area (Å²) in [4.78, 5) is 13.8. The van der Waals surface area contributed by atoms with Crippen LogP contribution in [0.2, 0.25) is 0 Å². The van der Waals surface area contributed by atoms with Crippen LogP contribution in [0.15, 0.2) is 0 Å². The van der Waals surface area contributed by atoms with Crippen molar-refractivity contribution in [3.63, 3.8) is 0 Å². The van der Waals surface area contributed by atoms with Gasteiger partial charge in [-0.15, -0.1) is 0 Å². The summed E-state index contributed by atoms with van der Waals surface area (Å²) >= 11 is 0. The van der Waals surface area contributed by atoms with Gasteiger partial charge >= 0.3 is 0 Å². The normalized spacial score (nSPS) is 20.0. The van der Waals surface area contributed by atoms with E-state index in [2.05, 4.69) is 17.1 Å². The molecule has 1 aliphatic rings. The van der Waals surface area contributed by atoms with Gasteiger partial charge in [0.1, 0.15) is 0 Å². The lowest BCUT2D eigenvalue weighted by atomic mass is 10.2. The number of nitrogens with one attached hydrogen (secondary N) is 1. The van der Waals surface area contributed by atoms with E-state index in [1.807, 2.05) is 13.8 Å². The molecule has 0 aromatic carbocycles. The number of likely N-dealkylation sites (tertiary alicyclic amines) is 1. The average Bonchev–Trinajstić information content (AvgIpc) is 2.66. The minimum atomic E-state index is 0.0979. The van der Waals surface area contributed by atoms with Crippen LogP contribution >= 0.6 is 0 Å². The van der Waals surface area contributed by atoms with Crippen molar-refractivity contribution < 1.29 is 4.79 Å². The molecule has 14 heavy (non-hydrogen) atoms. The minimum Gasteiger partial charge on any atom is -0.354 e. The van der Waals surface area contributed by atoms with Crippen LogP contribution in [0.5, 0.6) is 0 Å². The van der Waals surface area contributed by atoms with Crippen LogP contribution in [-0.4, -0.2) is 36.5 Å². The zero-order valence-electron chi connectivity index (χ0n) is 9.55. The van der Waals surface area contributed by atoms with Crippen molar-refractivity contribution in [3.05, 3.63) is 0 Å². The number of carbonyl (C=O) groups is 1. The Morgan fingerprint density at radius 1 is 1.29 bits per heavy atom. The number of hydrogen-bond donors (Lipinski definition) is 1. The molecule has 1 rings (SSSR count). The standard InChI is InChI=1S/C11H22N2O/c1-9(2)11(14)12-8-10(3)13-6-4-5-7-13/h9-10H,4-8H2,1-3H3,(H,12,14). The van der Waals surface area contributed by atoms with E-state index in [1.54, 1.807) is 0 Å². The van der Waals surface area contributed by atoms with E-state index in [0.717, 1.165) is 6.54 Å². The molecule has 1 atom stereocenters. The maximum absolute atomic E-state index is 11.3. The fraction of sp³-hybridized carbons (Fsp3) is 0.909. The van der Waals surface area contributed by atoms with Gasteiger partial charge in [0.15, 0.2) is 0 Å². The Bertz CT molecular complexity index is 186. The molecule has 1 heterocycles. The van der Waals surface area contributed by atoms with Gasteiger partial charge in [-0.25, -0.2) is 0 Å². The molecule has 1 aliphatic heterocycles. The largest absolute Gasteiger partial charge is 0.354 e. The highest BCUT2D eigenvalue weighted by Gasteiger charge is 2.18. The van der Waals surface area contributed by atoms with Crippen molar-refractivity contribution in [3.8, 4) is 0 Å². The maximum Gasteiger partial charge on any atom is 0.222 e. The van der Waals surface area contributed by atoms with Gasteiger partial charge in [-0.1, -0.05) is 13.8 Å². The molecule has 0 aromatic heterocycles. The molecule has 82 valence electrons. The predicted molar refractivity (Wildman–Crippen MR) is 58.1 cm³/mol. The Kier molecular flexibility index (Phi) is 4.39. The third-order valence-corrected chi connectivity index (χ3v) is 2.86. The smallest absolute Gasteiger partial charge is 0.222 e. The van der Waals surface area contributed by atoms with Gasteiger partial charge in [0.25, 0.3) is 0 Å². The lowest BCUT2D eigenvalue weighted by Crippen LogP contribution is -2.41. The van der Waals surface area contributed by atoms with Crippen LogP contribution in [0.25, 0.3) is 0 Å². The van der Waals surface area contributed by atoms with Crippen LogP contribution < -0.4 is 5.32 Å². The van der Waals surface area contributed by atoms with E-state index in [9.17, 15) is 4.79 Å². The molecule has 0 saturated carbocycles. The van der Waals surface area contributed by atoms with Crippen LogP contribution in [0.1, 0.15) is 33.6 Å². The van der Waals surface area contributed by atoms with Gasteiger partial charge in [-0.2, -0.15) is 0 Å². The molecule has 0 radical (unpaired) electrons. The lowest BCUT2D eigenvalue weighted by Gasteiger charge is -2.24. The Morgan fingerprint density at radius 2 is 1.86 bits per heavy atom. The summed E-state index contributed by atoms with van der Waals surface area (Å²) in [5, 5.41) is 2.98. The number of carbonyl (C=O) groups excluding carboxylic acids is 1. The summed E-state index contributed by atoms with van der Waals surface area (Å²) in [7, 11) is 0. The average molecular weight is 198 g/mol. The molecule has 3 nitrogen and oxygen atoms in total. The monoisotopic (exact) mass is 198 g/mol. The first-order chi connectivity index (χ1) is 6.61. The van der Waals surface area contributed by atoms with E-state index in [0.29, 0.717) is 6.04 Å². The Morgan fingerprint density at radius 3 is 2.36 bits per heavy atom. The number of hydrogen-bond acceptors (Lipinski definition) is 2. The maximum atomic E-state index is 11.3. The molecular formula is C11H22N2O. The number of rotatable bonds is 4. The SMILES string of the molecule is CC(C)C(=O)NCC(C)N1CCCC1. The first kappa shape index (κ1) is 11.5. The molecule has 0 aromatic rings. The number of amides is 1.